The van der Waals surface area contributed by atoms with E-state index in [2.05, 4.69) is 0 Å². The van der Waals surface area contributed by atoms with E-state index in [9.17, 15) is 4.79 Å². The lowest BCUT2D eigenvalue weighted by Gasteiger charge is -2.13. The highest BCUT2D eigenvalue weighted by atomic mass is 35.5. The topological polar surface area (TPSA) is 44.8 Å². The molecule has 0 unspecified atom stereocenters. The molecular weight excluding hydrogens is 407 g/mol. The van der Waals surface area contributed by atoms with Crippen molar-refractivity contribution in [2.75, 3.05) is 21.3 Å². The lowest BCUT2D eigenvalue weighted by atomic mass is 10.1. The van der Waals surface area contributed by atoms with Gasteiger partial charge >= 0.3 is 0 Å². The minimum atomic E-state index is -0.140. The first kappa shape index (κ1) is 19.5. The molecule has 0 saturated carbocycles. The molecule has 0 aliphatic heterocycles. The minimum Gasteiger partial charge on any atom is -0.493 e. The largest absolute Gasteiger partial charge is 0.493 e. The van der Waals surface area contributed by atoms with E-state index >= 15 is 0 Å². The second kappa shape index (κ2) is 8.21. The van der Waals surface area contributed by atoms with Crippen LogP contribution in [0.3, 0.4) is 0 Å². The van der Waals surface area contributed by atoms with Crippen LogP contribution in [-0.2, 0) is 0 Å². The summed E-state index contributed by atoms with van der Waals surface area (Å²) in [4.78, 5) is 13.5. The Morgan fingerprint density at radius 1 is 0.815 bits per heavy atom. The van der Waals surface area contributed by atoms with Gasteiger partial charge in [-0.1, -0.05) is 23.2 Å². The molecule has 4 nitrogen and oxygen atoms in total. The summed E-state index contributed by atoms with van der Waals surface area (Å²) in [5, 5.41) is 2.98. The number of halogens is 2. The highest BCUT2D eigenvalue weighted by Gasteiger charge is 2.19. The molecule has 1 heterocycles. The summed E-state index contributed by atoms with van der Waals surface area (Å²) in [5.41, 5.74) is 2.18. The Morgan fingerprint density at radius 2 is 1.41 bits per heavy atom. The predicted octanol–water partition coefficient (Wildman–Crippen LogP) is 5.98. The lowest BCUT2D eigenvalue weighted by Crippen LogP contribution is -2.02. The molecule has 0 fully saturated rings. The van der Waals surface area contributed by atoms with Crippen LogP contribution in [-0.4, -0.2) is 27.1 Å². The van der Waals surface area contributed by atoms with Gasteiger partial charge in [-0.15, -0.1) is 11.3 Å². The summed E-state index contributed by atoms with van der Waals surface area (Å²) in [6, 6.07) is 10.4. The quantitative estimate of drug-likeness (QED) is 0.458. The molecule has 0 bridgehead atoms. The predicted molar refractivity (Wildman–Crippen MR) is 109 cm³/mol. The SMILES string of the molecule is COc1cc(C(=O)c2cc(-c3cc(Cl)cc(Cl)c3)cs2)cc(OC)c1OC. The second-order valence-corrected chi connectivity index (χ2v) is 7.38. The lowest BCUT2D eigenvalue weighted by molar-refractivity contribution is 0.104. The molecule has 27 heavy (non-hydrogen) atoms. The molecule has 140 valence electrons. The summed E-state index contributed by atoms with van der Waals surface area (Å²) in [6.07, 6.45) is 0. The van der Waals surface area contributed by atoms with Crippen molar-refractivity contribution in [2.45, 2.75) is 0 Å². The first-order valence-electron chi connectivity index (χ1n) is 7.86. The molecule has 0 spiro atoms. The molecule has 0 N–H and O–H groups in total. The Kier molecular flexibility index (Phi) is 5.95. The highest BCUT2D eigenvalue weighted by molar-refractivity contribution is 7.12. The number of hydrogen-bond acceptors (Lipinski definition) is 5. The number of carbonyl (C=O) groups excluding carboxylic acids is 1. The third-order valence-electron chi connectivity index (χ3n) is 3.95. The molecule has 0 aliphatic rings. The molecule has 2 aromatic carbocycles. The number of hydrogen-bond donors (Lipinski definition) is 0. The number of thiophene rings is 1. The van der Waals surface area contributed by atoms with Crippen LogP contribution in [0.4, 0.5) is 0 Å². The van der Waals surface area contributed by atoms with Gasteiger partial charge in [0, 0.05) is 15.6 Å². The van der Waals surface area contributed by atoms with Crippen LogP contribution in [0.25, 0.3) is 11.1 Å². The van der Waals surface area contributed by atoms with Crippen LogP contribution in [0.5, 0.6) is 17.2 Å². The highest BCUT2D eigenvalue weighted by Crippen LogP contribution is 2.39. The van der Waals surface area contributed by atoms with Gasteiger partial charge in [0.15, 0.2) is 11.5 Å². The van der Waals surface area contributed by atoms with Crippen LogP contribution < -0.4 is 14.2 Å². The van der Waals surface area contributed by atoms with Gasteiger partial charge in [-0.25, -0.2) is 0 Å². The number of methoxy groups -OCH3 is 3. The molecule has 0 atom stereocenters. The van der Waals surface area contributed by atoms with Crippen molar-refractivity contribution in [3.05, 3.63) is 62.3 Å². The average molecular weight is 423 g/mol. The molecule has 3 rings (SSSR count). The summed E-state index contributed by atoms with van der Waals surface area (Å²) < 4.78 is 15.9. The van der Waals surface area contributed by atoms with E-state index in [-0.39, 0.29) is 5.78 Å². The van der Waals surface area contributed by atoms with Gasteiger partial charge in [-0.05, 0) is 52.9 Å². The standard InChI is InChI=1S/C20H16Cl2O4S/c1-24-16-6-12(7-17(25-2)20(16)26-3)19(23)18-8-13(10-27-18)11-4-14(21)9-15(22)5-11/h4-10H,1-3H3. The second-order valence-electron chi connectivity index (χ2n) is 5.60. The minimum absolute atomic E-state index is 0.140. The van der Waals surface area contributed by atoms with Crippen LogP contribution in [0, 0.1) is 0 Å². The summed E-state index contributed by atoms with van der Waals surface area (Å²) in [6.45, 7) is 0. The molecule has 1 aromatic heterocycles. The Labute approximate surface area is 171 Å². The zero-order valence-corrected chi connectivity index (χ0v) is 17.2. The van der Waals surface area contributed by atoms with Crippen molar-refractivity contribution in [1.82, 2.24) is 0 Å². The number of ketones is 1. The maximum Gasteiger partial charge on any atom is 0.203 e. The molecule has 0 aliphatic carbocycles. The molecular formula is C20H16Cl2O4S. The van der Waals surface area contributed by atoms with Crippen LogP contribution >= 0.6 is 34.5 Å². The monoisotopic (exact) mass is 422 g/mol. The molecule has 7 heteroatoms. The van der Waals surface area contributed by atoms with Crippen molar-refractivity contribution in [3.8, 4) is 28.4 Å². The van der Waals surface area contributed by atoms with Crippen molar-refractivity contribution in [1.29, 1.82) is 0 Å². The van der Waals surface area contributed by atoms with Crippen LogP contribution in [0.1, 0.15) is 15.2 Å². The summed E-state index contributed by atoms with van der Waals surface area (Å²) >= 11 is 13.5. The van der Waals surface area contributed by atoms with Crippen molar-refractivity contribution in [2.24, 2.45) is 0 Å². The fourth-order valence-electron chi connectivity index (χ4n) is 2.68. The van der Waals surface area contributed by atoms with Gasteiger partial charge in [0.1, 0.15) is 0 Å². The number of rotatable bonds is 6. The summed E-state index contributed by atoms with van der Waals surface area (Å²) in [7, 11) is 4.54. The molecule has 0 amide bonds. The Bertz CT molecular complexity index is 952. The van der Waals surface area contributed by atoms with E-state index < -0.39 is 0 Å². The van der Waals surface area contributed by atoms with Crippen LogP contribution in [0.2, 0.25) is 10.0 Å². The zero-order valence-electron chi connectivity index (χ0n) is 14.8. The van der Waals surface area contributed by atoms with E-state index in [1.54, 1.807) is 18.2 Å². The van der Waals surface area contributed by atoms with Gasteiger partial charge in [-0.2, -0.15) is 0 Å². The average Bonchev–Trinajstić information content (AvgIpc) is 3.15. The number of benzene rings is 2. The van der Waals surface area contributed by atoms with E-state index in [0.717, 1.165) is 11.1 Å². The van der Waals surface area contributed by atoms with Crippen molar-refractivity contribution in [3.63, 3.8) is 0 Å². The van der Waals surface area contributed by atoms with Gasteiger partial charge in [0.2, 0.25) is 11.5 Å². The van der Waals surface area contributed by atoms with E-state index in [4.69, 9.17) is 37.4 Å². The van der Waals surface area contributed by atoms with Gasteiger partial charge in [0.25, 0.3) is 0 Å². The number of ether oxygens (including phenoxy) is 3. The van der Waals surface area contributed by atoms with E-state index in [0.29, 0.717) is 37.7 Å². The maximum absolute atomic E-state index is 13.0. The normalized spacial score (nSPS) is 10.6. The third kappa shape index (κ3) is 4.05. The zero-order chi connectivity index (χ0) is 19.6. The molecule has 0 saturated heterocycles. The molecule has 3 aromatic rings. The first-order chi connectivity index (χ1) is 13.0. The Hall–Kier alpha value is -2.21. The first-order valence-corrected chi connectivity index (χ1v) is 9.50. The van der Waals surface area contributed by atoms with E-state index in [1.165, 1.54) is 32.7 Å². The maximum atomic E-state index is 13.0. The van der Waals surface area contributed by atoms with Gasteiger partial charge in [0.05, 0.1) is 26.2 Å². The molecule has 0 radical (unpaired) electrons. The van der Waals surface area contributed by atoms with Crippen molar-refractivity contribution < 1.29 is 19.0 Å². The van der Waals surface area contributed by atoms with Gasteiger partial charge < -0.3 is 14.2 Å². The number of carbonyl (C=O) groups is 1. The Morgan fingerprint density at radius 3 is 1.93 bits per heavy atom. The fraction of sp³-hybridized carbons (Fsp3) is 0.150. The summed E-state index contributed by atoms with van der Waals surface area (Å²) in [5.74, 6) is 1.16. The van der Waals surface area contributed by atoms with Crippen molar-refractivity contribution >= 4 is 40.3 Å². The van der Waals surface area contributed by atoms with E-state index in [1.807, 2.05) is 23.6 Å². The van der Waals surface area contributed by atoms with Gasteiger partial charge in [-0.3, -0.25) is 4.79 Å². The Balaban J connectivity index is 1.99. The van der Waals surface area contributed by atoms with Crippen LogP contribution in [0.15, 0.2) is 41.8 Å². The fourth-order valence-corrected chi connectivity index (χ4v) is 4.09. The smallest absolute Gasteiger partial charge is 0.203 e. The third-order valence-corrected chi connectivity index (χ3v) is 5.31.